The molecule has 3 aromatic rings. The summed E-state index contributed by atoms with van der Waals surface area (Å²) in [7, 11) is 0. The van der Waals surface area contributed by atoms with E-state index in [1.54, 1.807) is 23.5 Å². The lowest BCUT2D eigenvalue weighted by Gasteiger charge is -2.06. The van der Waals surface area contributed by atoms with Crippen LogP contribution in [0.15, 0.2) is 36.4 Å². The minimum atomic E-state index is 0.644. The number of anilines is 1. The number of hydrogen-bond donors (Lipinski definition) is 1. The van der Waals surface area contributed by atoms with Crippen molar-refractivity contribution in [3.8, 4) is 22.3 Å². The maximum atomic E-state index is 8.91. The van der Waals surface area contributed by atoms with Crippen molar-refractivity contribution in [2.45, 2.75) is 6.42 Å². The van der Waals surface area contributed by atoms with Gasteiger partial charge in [0.25, 0.3) is 0 Å². The lowest BCUT2D eigenvalue weighted by molar-refractivity contribution is 0.883. The fraction of sp³-hybridized carbons (Fsp3) is 0.125. The summed E-state index contributed by atoms with van der Waals surface area (Å²) in [6, 6.07) is 13.5. The number of aromatic nitrogens is 2. The van der Waals surface area contributed by atoms with Crippen molar-refractivity contribution in [2.75, 3.05) is 11.9 Å². The Labute approximate surface area is 136 Å². The maximum absolute atomic E-state index is 8.91. The lowest BCUT2D eigenvalue weighted by Crippen LogP contribution is -2.04. The first-order chi connectivity index (χ1) is 10.8. The van der Waals surface area contributed by atoms with Gasteiger partial charge in [0.1, 0.15) is 11.5 Å². The number of hydrogen-bond acceptors (Lipinski definition) is 4. The Balaban J connectivity index is 1.85. The van der Waals surface area contributed by atoms with Gasteiger partial charge in [-0.05, 0) is 42.8 Å². The van der Waals surface area contributed by atoms with Crippen LogP contribution < -0.4 is 5.32 Å². The molecule has 3 heterocycles. The number of thiophene rings is 1. The Morgan fingerprint density at radius 3 is 2.73 bits per heavy atom. The van der Waals surface area contributed by atoms with E-state index in [-0.39, 0.29) is 0 Å². The SMILES string of the molecule is N#Cc1ccc(-n2nc(-c3ccc(Cl)s3)c3c2NCC3)cc1. The maximum Gasteiger partial charge on any atom is 0.133 e. The van der Waals surface area contributed by atoms with E-state index in [4.69, 9.17) is 22.0 Å². The lowest BCUT2D eigenvalue weighted by atomic mass is 10.2. The quantitative estimate of drug-likeness (QED) is 0.771. The molecular formula is C16H11ClN4S. The van der Waals surface area contributed by atoms with Crippen molar-refractivity contribution < 1.29 is 0 Å². The zero-order chi connectivity index (χ0) is 15.1. The molecule has 108 valence electrons. The highest BCUT2D eigenvalue weighted by Crippen LogP contribution is 2.38. The third kappa shape index (κ3) is 2.08. The molecule has 1 aliphatic heterocycles. The van der Waals surface area contributed by atoms with Crippen LogP contribution in [0.4, 0.5) is 5.82 Å². The summed E-state index contributed by atoms with van der Waals surface area (Å²) in [5, 5.41) is 17.1. The van der Waals surface area contributed by atoms with Crippen molar-refractivity contribution in [3.63, 3.8) is 0 Å². The van der Waals surface area contributed by atoms with E-state index in [1.165, 1.54) is 5.56 Å². The van der Waals surface area contributed by atoms with Gasteiger partial charge in [0, 0.05) is 12.1 Å². The van der Waals surface area contributed by atoms with E-state index in [1.807, 2.05) is 28.9 Å². The van der Waals surface area contributed by atoms with Gasteiger partial charge in [-0.25, -0.2) is 4.68 Å². The summed E-state index contributed by atoms with van der Waals surface area (Å²) >= 11 is 7.60. The molecule has 6 heteroatoms. The summed E-state index contributed by atoms with van der Waals surface area (Å²) in [6.45, 7) is 0.912. The number of fused-ring (bicyclic) bond motifs is 1. The second-order valence-corrected chi connectivity index (χ2v) is 6.74. The van der Waals surface area contributed by atoms with Gasteiger partial charge in [0.15, 0.2) is 0 Å². The van der Waals surface area contributed by atoms with Gasteiger partial charge in [-0.3, -0.25) is 0 Å². The van der Waals surface area contributed by atoms with Crippen LogP contribution in [0.1, 0.15) is 11.1 Å². The van der Waals surface area contributed by atoms with E-state index in [2.05, 4.69) is 11.4 Å². The van der Waals surface area contributed by atoms with Crippen LogP contribution in [-0.2, 0) is 6.42 Å². The molecule has 0 bridgehead atoms. The number of benzene rings is 1. The predicted octanol–water partition coefficient (Wildman–Crippen LogP) is 4.09. The molecular weight excluding hydrogens is 316 g/mol. The number of nitriles is 1. The van der Waals surface area contributed by atoms with Crippen molar-refractivity contribution in [1.82, 2.24) is 9.78 Å². The Morgan fingerprint density at radius 1 is 1.23 bits per heavy atom. The molecule has 0 fully saturated rings. The molecule has 1 aromatic carbocycles. The summed E-state index contributed by atoms with van der Waals surface area (Å²) in [4.78, 5) is 1.08. The topological polar surface area (TPSA) is 53.6 Å². The molecule has 22 heavy (non-hydrogen) atoms. The molecule has 1 aliphatic rings. The van der Waals surface area contributed by atoms with E-state index in [9.17, 15) is 0 Å². The second kappa shape index (κ2) is 5.16. The minimum absolute atomic E-state index is 0.644. The van der Waals surface area contributed by atoms with Crippen molar-refractivity contribution in [1.29, 1.82) is 5.26 Å². The fourth-order valence-corrected chi connectivity index (χ4v) is 3.73. The van der Waals surface area contributed by atoms with Gasteiger partial charge < -0.3 is 5.32 Å². The number of nitrogens with one attached hydrogen (secondary N) is 1. The van der Waals surface area contributed by atoms with Crippen LogP contribution in [0.25, 0.3) is 16.3 Å². The van der Waals surface area contributed by atoms with Gasteiger partial charge in [0.2, 0.25) is 0 Å². The van der Waals surface area contributed by atoms with Crippen LogP contribution in [0.3, 0.4) is 0 Å². The van der Waals surface area contributed by atoms with E-state index in [0.717, 1.165) is 39.4 Å². The smallest absolute Gasteiger partial charge is 0.133 e. The molecule has 4 rings (SSSR count). The van der Waals surface area contributed by atoms with Crippen molar-refractivity contribution in [2.24, 2.45) is 0 Å². The van der Waals surface area contributed by atoms with E-state index in [0.29, 0.717) is 5.56 Å². The van der Waals surface area contributed by atoms with E-state index >= 15 is 0 Å². The highest BCUT2D eigenvalue weighted by molar-refractivity contribution is 7.19. The van der Waals surface area contributed by atoms with Crippen LogP contribution >= 0.6 is 22.9 Å². The summed E-state index contributed by atoms with van der Waals surface area (Å²) in [6.07, 6.45) is 0.955. The fourth-order valence-electron chi connectivity index (χ4n) is 2.68. The van der Waals surface area contributed by atoms with Gasteiger partial charge in [0.05, 0.1) is 26.5 Å². The van der Waals surface area contributed by atoms with Crippen molar-refractivity contribution in [3.05, 3.63) is 51.9 Å². The predicted molar refractivity (Wildman–Crippen MR) is 88.8 cm³/mol. The second-order valence-electron chi connectivity index (χ2n) is 5.03. The highest BCUT2D eigenvalue weighted by Gasteiger charge is 2.24. The zero-order valence-corrected chi connectivity index (χ0v) is 13.1. The first kappa shape index (κ1) is 13.4. The van der Waals surface area contributed by atoms with Crippen LogP contribution in [0.2, 0.25) is 4.34 Å². The molecule has 0 spiro atoms. The molecule has 2 aromatic heterocycles. The number of nitrogens with zero attached hydrogens (tertiary/aromatic N) is 3. The molecule has 0 radical (unpaired) electrons. The molecule has 4 nitrogen and oxygen atoms in total. The highest BCUT2D eigenvalue weighted by atomic mass is 35.5. The van der Waals surface area contributed by atoms with Crippen LogP contribution in [-0.4, -0.2) is 16.3 Å². The molecule has 0 amide bonds. The van der Waals surface area contributed by atoms with Gasteiger partial charge in [-0.2, -0.15) is 10.4 Å². The average Bonchev–Trinajstić information content (AvgIpc) is 3.23. The Kier molecular flexibility index (Phi) is 3.14. The number of halogens is 1. The third-order valence-corrected chi connectivity index (χ3v) is 4.94. The molecule has 0 saturated carbocycles. The molecule has 0 aliphatic carbocycles. The summed E-state index contributed by atoms with van der Waals surface area (Å²) < 4.78 is 2.68. The zero-order valence-electron chi connectivity index (χ0n) is 11.5. The average molecular weight is 327 g/mol. The van der Waals surface area contributed by atoms with E-state index < -0.39 is 0 Å². The standard InChI is InChI=1S/C16H11ClN4S/c17-14-6-5-13(22-14)15-12-7-8-19-16(12)21(20-15)11-3-1-10(9-18)2-4-11/h1-6,19H,7-8H2. The van der Waals surface area contributed by atoms with Crippen LogP contribution in [0.5, 0.6) is 0 Å². The molecule has 0 saturated heterocycles. The monoisotopic (exact) mass is 326 g/mol. The van der Waals surface area contributed by atoms with Crippen molar-refractivity contribution >= 4 is 28.8 Å². The molecule has 0 unspecified atom stereocenters. The Morgan fingerprint density at radius 2 is 2.05 bits per heavy atom. The minimum Gasteiger partial charge on any atom is -0.369 e. The number of rotatable bonds is 2. The van der Waals surface area contributed by atoms with Gasteiger partial charge in [-0.1, -0.05) is 11.6 Å². The van der Waals surface area contributed by atoms with Gasteiger partial charge in [-0.15, -0.1) is 11.3 Å². The normalized spacial score (nSPS) is 12.7. The van der Waals surface area contributed by atoms with Crippen LogP contribution in [0, 0.1) is 11.3 Å². The summed E-state index contributed by atoms with van der Waals surface area (Å²) in [5.41, 5.74) is 3.80. The first-order valence-corrected chi connectivity index (χ1v) is 8.08. The van der Waals surface area contributed by atoms with Gasteiger partial charge >= 0.3 is 0 Å². The largest absolute Gasteiger partial charge is 0.369 e. The Hall–Kier alpha value is -2.29. The molecule has 1 N–H and O–H groups in total. The summed E-state index contributed by atoms with van der Waals surface area (Å²) in [5.74, 6) is 1.03. The third-order valence-electron chi connectivity index (χ3n) is 3.70. The first-order valence-electron chi connectivity index (χ1n) is 6.88. The molecule has 0 atom stereocenters. The Bertz CT molecular complexity index is 886.